The van der Waals surface area contributed by atoms with Crippen LogP contribution >= 0.6 is 11.3 Å². The maximum atomic E-state index is 4.22. The predicted molar refractivity (Wildman–Crippen MR) is 84.1 cm³/mol. The Hall–Kier alpha value is -1.20. The molecule has 0 bridgehead atoms. The van der Waals surface area contributed by atoms with E-state index in [-0.39, 0.29) is 6.04 Å². The van der Waals surface area contributed by atoms with Crippen molar-refractivity contribution in [2.24, 2.45) is 0 Å². The second kappa shape index (κ2) is 7.55. The summed E-state index contributed by atoms with van der Waals surface area (Å²) >= 11 is 1.89. The zero-order valence-corrected chi connectivity index (χ0v) is 13.4. The Morgan fingerprint density at radius 2 is 2.10 bits per heavy atom. The van der Waals surface area contributed by atoms with E-state index in [9.17, 15) is 0 Å². The van der Waals surface area contributed by atoms with Gasteiger partial charge in [0.25, 0.3) is 0 Å². The van der Waals surface area contributed by atoms with Crippen LogP contribution in [0.15, 0.2) is 18.3 Å². The molecule has 1 unspecified atom stereocenters. The Bertz CT molecular complexity index is 517. The quantitative estimate of drug-likeness (QED) is 0.811. The summed E-state index contributed by atoms with van der Waals surface area (Å²) in [5.41, 5.74) is 1.17. The minimum Gasteiger partial charge on any atom is -0.304 e. The second-order valence-corrected chi connectivity index (χ2v) is 6.13. The van der Waals surface area contributed by atoms with Gasteiger partial charge in [-0.15, -0.1) is 16.4 Å². The number of nitrogens with zero attached hydrogens (tertiary/aromatic N) is 3. The fourth-order valence-corrected chi connectivity index (χ4v) is 3.30. The molecule has 5 heteroatoms. The van der Waals surface area contributed by atoms with Gasteiger partial charge in [0, 0.05) is 16.3 Å². The molecule has 0 saturated heterocycles. The van der Waals surface area contributed by atoms with Crippen molar-refractivity contribution in [2.45, 2.75) is 52.6 Å². The van der Waals surface area contributed by atoms with Crippen LogP contribution in [0.1, 0.15) is 55.1 Å². The van der Waals surface area contributed by atoms with E-state index < -0.39 is 0 Å². The summed E-state index contributed by atoms with van der Waals surface area (Å²) in [6.07, 6.45) is 5.19. The molecule has 0 aromatic carbocycles. The van der Waals surface area contributed by atoms with E-state index in [1.807, 2.05) is 22.2 Å². The van der Waals surface area contributed by atoms with Crippen molar-refractivity contribution < 1.29 is 0 Å². The largest absolute Gasteiger partial charge is 0.304 e. The van der Waals surface area contributed by atoms with Gasteiger partial charge in [0.05, 0.1) is 17.9 Å². The fourth-order valence-electron chi connectivity index (χ4n) is 2.25. The van der Waals surface area contributed by atoms with Crippen molar-refractivity contribution in [3.63, 3.8) is 0 Å². The first-order chi connectivity index (χ1) is 9.80. The highest BCUT2D eigenvalue weighted by Crippen LogP contribution is 2.28. The lowest BCUT2D eigenvalue weighted by molar-refractivity contribution is 0.507. The van der Waals surface area contributed by atoms with Gasteiger partial charge in [0.15, 0.2) is 0 Å². The van der Waals surface area contributed by atoms with Crippen LogP contribution in [0.25, 0.3) is 0 Å². The van der Waals surface area contributed by atoms with Crippen LogP contribution in [0.3, 0.4) is 0 Å². The first-order valence-electron chi connectivity index (χ1n) is 7.50. The van der Waals surface area contributed by atoms with Crippen LogP contribution in [0.5, 0.6) is 0 Å². The number of nitrogens with one attached hydrogen (secondary N) is 1. The highest BCUT2D eigenvalue weighted by molar-refractivity contribution is 7.12. The van der Waals surface area contributed by atoms with Gasteiger partial charge in [-0.3, -0.25) is 0 Å². The number of aryl methyl sites for hydroxylation is 2. The molecule has 0 aliphatic carbocycles. The molecule has 4 nitrogen and oxygen atoms in total. The molecule has 2 aromatic heterocycles. The van der Waals surface area contributed by atoms with Crippen LogP contribution in [0.4, 0.5) is 0 Å². The number of rotatable bonds is 8. The van der Waals surface area contributed by atoms with Crippen molar-refractivity contribution in [1.29, 1.82) is 0 Å². The van der Waals surface area contributed by atoms with E-state index in [0.29, 0.717) is 0 Å². The Balaban J connectivity index is 2.28. The number of hydrogen-bond donors (Lipinski definition) is 1. The van der Waals surface area contributed by atoms with Gasteiger partial charge in [-0.1, -0.05) is 26.0 Å². The van der Waals surface area contributed by atoms with Gasteiger partial charge in [-0.25, -0.2) is 4.68 Å². The number of aromatic nitrogens is 3. The smallest absolute Gasteiger partial charge is 0.0858 e. The summed E-state index contributed by atoms with van der Waals surface area (Å²) in [6.45, 7) is 8.48. The summed E-state index contributed by atoms with van der Waals surface area (Å²) in [6, 6.07) is 4.68. The number of hydrogen-bond acceptors (Lipinski definition) is 4. The monoisotopic (exact) mass is 292 g/mol. The summed E-state index contributed by atoms with van der Waals surface area (Å²) in [5.74, 6) is 0. The maximum absolute atomic E-state index is 4.22. The molecule has 2 aromatic rings. The standard InChI is InChI=1S/C15H24N4S/c1-4-9-16-15(14-8-7-12(6-3)20-14)13-11-17-18-19(13)10-5-2/h7-8,11,15-16H,4-6,9-10H2,1-3H3. The molecule has 0 aliphatic rings. The SMILES string of the molecule is CCCNC(c1ccc(CC)s1)c1cnnn1CCC. The van der Waals surface area contributed by atoms with Crippen molar-refractivity contribution in [3.05, 3.63) is 33.8 Å². The summed E-state index contributed by atoms with van der Waals surface area (Å²) in [4.78, 5) is 2.78. The third-order valence-corrected chi connectivity index (χ3v) is 4.59. The lowest BCUT2D eigenvalue weighted by Crippen LogP contribution is -2.25. The van der Waals surface area contributed by atoms with Gasteiger partial charge < -0.3 is 5.32 Å². The van der Waals surface area contributed by atoms with Crippen LogP contribution in [0, 0.1) is 0 Å². The van der Waals surface area contributed by atoms with Crippen LogP contribution in [-0.4, -0.2) is 21.5 Å². The van der Waals surface area contributed by atoms with Gasteiger partial charge in [0.1, 0.15) is 0 Å². The number of thiophene rings is 1. The van der Waals surface area contributed by atoms with Crippen LogP contribution in [0.2, 0.25) is 0 Å². The first kappa shape index (κ1) is 15.2. The highest BCUT2D eigenvalue weighted by Gasteiger charge is 2.20. The van der Waals surface area contributed by atoms with E-state index in [2.05, 4.69) is 48.5 Å². The Morgan fingerprint density at radius 3 is 2.75 bits per heavy atom. The van der Waals surface area contributed by atoms with Gasteiger partial charge >= 0.3 is 0 Å². The molecule has 1 atom stereocenters. The average Bonchev–Trinajstić information content (AvgIpc) is 3.10. The zero-order chi connectivity index (χ0) is 14.4. The highest BCUT2D eigenvalue weighted by atomic mass is 32.1. The third-order valence-electron chi connectivity index (χ3n) is 3.29. The summed E-state index contributed by atoms with van der Waals surface area (Å²) in [7, 11) is 0. The predicted octanol–water partition coefficient (Wildman–Crippen LogP) is 3.40. The molecule has 2 rings (SSSR count). The molecular formula is C15H24N4S. The van der Waals surface area contributed by atoms with Crippen molar-refractivity contribution in [2.75, 3.05) is 6.54 Å². The molecule has 0 saturated carbocycles. The topological polar surface area (TPSA) is 42.7 Å². The zero-order valence-electron chi connectivity index (χ0n) is 12.6. The van der Waals surface area contributed by atoms with Crippen molar-refractivity contribution >= 4 is 11.3 Å². The molecule has 0 radical (unpaired) electrons. The summed E-state index contributed by atoms with van der Waals surface area (Å²) in [5, 5.41) is 12.0. The second-order valence-electron chi connectivity index (χ2n) is 4.93. The van der Waals surface area contributed by atoms with E-state index in [1.54, 1.807) is 0 Å². The molecule has 0 amide bonds. The first-order valence-corrected chi connectivity index (χ1v) is 8.32. The minimum atomic E-state index is 0.210. The molecule has 0 aliphatic heterocycles. The third kappa shape index (κ3) is 3.46. The van der Waals surface area contributed by atoms with Gasteiger partial charge in [-0.2, -0.15) is 0 Å². The van der Waals surface area contributed by atoms with E-state index in [1.165, 1.54) is 15.4 Å². The molecule has 0 fully saturated rings. The Morgan fingerprint density at radius 1 is 1.25 bits per heavy atom. The Kier molecular flexibility index (Phi) is 5.73. The Labute approximate surface area is 125 Å². The minimum absolute atomic E-state index is 0.210. The lowest BCUT2D eigenvalue weighted by atomic mass is 10.1. The van der Waals surface area contributed by atoms with E-state index in [0.717, 1.165) is 32.4 Å². The molecule has 20 heavy (non-hydrogen) atoms. The average molecular weight is 292 g/mol. The molecule has 0 spiro atoms. The van der Waals surface area contributed by atoms with Gasteiger partial charge in [0.2, 0.25) is 0 Å². The normalized spacial score (nSPS) is 12.8. The van der Waals surface area contributed by atoms with Crippen molar-refractivity contribution in [3.8, 4) is 0 Å². The van der Waals surface area contributed by atoms with Gasteiger partial charge in [-0.05, 0) is 37.9 Å². The molecule has 110 valence electrons. The van der Waals surface area contributed by atoms with E-state index >= 15 is 0 Å². The lowest BCUT2D eigenvalue weighted by Gasteiger charge is -2.18. The van der Waals surface area contributed by atoms with Crippen molar-refractivity contribution in [1.82, 2.24) is 20.3 Å². The summed E-state index contributed by atoms with van der Waals surface area (Å²) < 4.78 is 2.03. The fraction of sp³-hybridized carbons (Fsp3) is 0.600. The molecule has 2 heterocycles. The molecular weight excluding hydrogens is 268 g/mol. The van der Waals surface area contributed by atoms with Crippen LogP contribution in [-0.2, 0) is 13.0 Å². The van der Waals surface area contributed by atoms with Crippen LogP contribution < -0.4 is 5.32 Å². The van der Waals surface area contributed by atoms with E-state index in [4.69, 9.17) is 0 Å². The maximum Gasteiger partial charge on any atom is 0.0858 e. The molecule has 1 N–H and O–H groups in total.